The van der Waals surface area contributed by atoms with Crippen LogP contribution >= 0.6 is 11.1 Å². The van der Waals surface area contributed by atoms with Crippen molar-refractivity contribution in [3.63, 3.8) is 0 Å². The summed E-state index contributed by atoms with van der Waals surface area (Å²) in [5.41, 5.74) is 11.5. The topological polar surface area (TPSA) is 0 Å². The van der Waals surface area contributed by atoms with Crippen LogP contribution in [-0.2, 0) is 23.0 Å². The molecule has 0 bridgehead atoms. The summed E-state index contributed by atoms with van der Waals surface area (Å²) >= 11 is 6.99. The first kappa shape index (κ1) is 31.4. The molecule has 0 nitrogen and oxygen atoms in total. The first-order valence-corrected chi connectivity index (χ1v) is 16.8. The summed E-state index contributed by atoms with van der Waals surface area (Å²) in [5, 5.41) is 0. The van der Waals surface area contributed by atoms with Gasteiger partial charge in [-0.15, -0.1) is 0 Å². The van der Waals surface area contributed by atoms with Gasteiger partial charge in [-0.3, -0.25) is 0 Å². The molecule has 0 N–H and O–H groups in total. The van der Waals surface area contributed by atoms with Gasteiger partial charge in [-0.1, -0.05) is 55.4 Å². The second kappa shape index (κ2) is 15.6. The Hall–Kier alpha value is 0.657. The molecule has 0 saturated carbocycles. The van der Waals surface area contributed by atoms with Crippen molar-refractivity contribution in [3.8, 4) is 0 Å². The van der Waals surface area contributed by atoms with Gasteiger partial charge in [0.2, 0.25) is 0 Å². The van der Waals surface area contributed by atoms with Crippen molar-refractivity contribution in [1.29, 1.82) is 0 Å². The van der Waals surface area contributed by atoms with E-state index in [-0.39, 0.29) is 29.6 Å². The Morgan fingerprint density at radius 3 is 1.19 bits per heavy atom. The van der Waals surface area contributed by atoms with E-state index >= 15 is 0 Å². The molecule has 0 aliphatic carbocycles. The van der Waals surface area contributed by atoms with Crippen LogP contribution < -0.4 is 24.8 Å². The van der Waals surface area contributed by atoms with Gasteiger partial charge in [0.15, 0.2) is 0 Å². The number of aryl methyl sites for hydroxylation is 4. The van der Waals surface area contributed by atoms with Crippen molar-refractivity contribution in [2.24, 2.45) is 0 Å². The van der Waals surface area contributed by atoms with Gasteiger partial charge < -0.3 is 24.8 Å². The molecule has 0 fully saturated rings. The van der Waals surface area contributed by atoms with Crippen LogP contribution in [0.15, 0.2) is 12.1 Å². The molecular weight excluding hydrogens is 565 g/mol. The molecule has 0 aliphatic heterocycles. The summed E-state index contributed by atoms with van der Waals surface area (Å²) in [4.78, 5) is -0.274. The average molecular weight is 598 g/mol. The maximum Gasteiger partial charge on any atom is -0.0630 e. The Labute approximate surface area is 193 Å². The van der Waals surface area contributed by atoms with Crippen molar-refractivity contribution in [2.75, 3.05) is 0 Å². The van der Waals surface area contributed by atoms with Crippen molar-refractivity contribution in [3.05, 3.63) is 56.6 Å². The van der Waals surface area contributed by atoms with Crippen molar-refractivity contribution < 1.29 is 47.8 Å². The predicted octanol–water partition coefficient (Wildman–Crippen LogP) is 0.957. The van der Waals surface area contributed by atoms with Crippen molar-refractivity contribution >= 4 is 15.9 Å². The molecule has 0 aromatic heterocycles. The molecule has 0 amide bonds. The van der Waals surface area contributed by atoms with Crippen LogP contribution in [0.25, 0.3) is 0 Å². The van der Waals surface area contributed by atoms with Crippen LogP contribution in [0.3, 0.4) is 0 Å². The van der Waals surface area contributed by atoms with E-state index in [2.05, 4.69) is 74.4 Å². The summed E-state index contributed by atoms with van der Waals surface area (Å²) in [7, 11) is 0. The van der Waals surface area contributed by atoms with E-state index in [4.69, 9.17) is 11.1 Å². The number of halogens is 3. The van der Waals surface area contributed by atoms with Gasteiger partial charge in [-0.2, -0.15) is 56.6 Å². The Morgan fingerprint density at radius 1 is 0.846 bits per heavy atom. The first-order valence-electron chi connectivity index (χ1n) is 8.65. The van der Waals surface area contributed by atoms with Gasteiger partial charge >= 0.3 is 58.3 Å². The molecule has 26 heavy (non-hydrogen) atoms. The third kappa shape index (κ3) is 10.9. The Bertz CT molecular complexity index is 574. The monoisotopic (exact) mass is 598 g/mol. The van der Waals surface area contributed by atoms with Crippen LogP contribution in [0.1, 0.15) is 57.9 Å². The van der Waals surface area contributed by atoms with Gasteiger partial charge in [0.05, 0.1) is 0 Å². The van der Waals surface area contributed by atoms with Crippen molar-refractivity contribution in [1.82, 2.24) is 0 Å². The van der Waals surface area contributed by atoms with Gasteiger partial charge in [0.1, 0.15) is 0 Å². The Kier molecular flexibility index (Phi) is 18.8. The molecule has 0 unspecified atom stereocenters. The fourth-order valence-corrected chi connectivity index (χ4v) is 6.19. The van der Waals surface area contributed by atoms with Crippen LogP contribution in [-0.4, -0.2) is 4.80 Å². The molecular formula is C21H33Cl3HfSi-2. The largest absolute Gasteiger partial charge is 1.00 e. The molecule has 0 atom stereocenters. The van der Waals surface area contributed by atoms with E-state index in [9.17, 15) is 0 Å². The summed E-state index contributed by atoms with van der Waals surface area (Å²) in [6, 6.07) is 5.79. The van der Waals surface area contributed by atoms with E-state index in [1.54, 1.807) is 0 Å². The van der Waals surface area contributed by atoms with Crippen LogP contribution in [0, 0.1) is 55.4 Å². The summed E-state index contributed by atoms with van der Waals surface area (Å²) in [5.74, 6) is 0. The van der Waals surface area contributed by atoms with Gasteiger partial charge in [0, 0.05) is 0 Å². The molecule has 0 heterocycles. The maximum atomic E-state index is 5.74. The van der Waals surface area contributed by atoms with Crippen LogP contribution in [0.2, 0.25) is 6.04 Å². The molecule has 2 aromatic rings. The molecule has 148 valence electrons. The van der Waals surface area contributed by atoms with E-state index < -0.39 is 0 Å². The van der Waals surface area contributed by atoms with E-state index in [0.29, 0.717) is 0 Å². The van der Waals surface area contributed by atoms with Crippen molar-refractivity contribution in [2.45, 2.75) is 74.8 Å². The zero-order chi connectivity index (χ0) is 19.0. The second-order valence-electron chi connectivity index (χ2n) is 6.68. The molecule has 5 heteroatoms. The van der Waals surface area contributed by atoms with Gasteiger partial charge in [-0.05, 0) is 0 Å². The number of hydrogen-bond acceptors (Lipinski definition) is 0. The van der Waals surface area contributed by atoms with Gasteiger partial charge in [0.25, 0.3) is 0 Å². The smallest absolute Gasteiger partial charge is 0.0630 e. The predicted molar refractivity (Wildman–Crippen MR) is 109 cm³/mol. The third-order valence-electron chi connectivity index (χ3n) is 4.83. The van der Waals surface area contributed by atoms with E-state index in [1.165, 1.54) is 80.0 Å². The van der Waals surface area contributed by atoms with E-state index in [0.717, 1.165) is 0 Å². The zero-order valence-corrected chi connectivity index (χ0v) is 24.6. The molecule has 0 spiro atoms. The van der Waals surface area contributed by atoms with Crippen LogP contribution in [0.5, 0.6) is 0 Å². The Morgan fingerprint density at radius 2 is 1.15 bits per heavy atom. The quantitative estimate of drug-likeness (QED) is 0.275. The van der Waals surface area contributed by atoms with Crippen LogP contribution in [0.4, 0.5) is 0 Å². The SMILES string of the molecule is CCC[Si](Cl)=[Hf+2].Cc1c[c-](C)c(C)c1C.Cc1c[c-](C)c(C)c1C.[Cl-].[Cl-]. The fourth-order valence-electron chi connectivity index (χ4n) is 2.49. The summed E-state index contributed by atoms with van der Waals surface area (Å²) < 4.78 is 0. The first-order chi connectivity index (χ1) is 11.0. The molecule has 0 radical (unpaired) electrons. The minimum absolute atomic E-state index is 0. The normalized spacial score (nSPS) is 9.08. The number of rotatable bonds is 2. The number of hydrogen-bond donors (Lipinski definition) is 0. The standard InChI is InChI=1S/2C9H13.C3H7ClSi.2ClH.Hf/c2*1-6-5-7(2)9(4)8(6)3;1-2-3-5-4;;;/h2*5H,1-4H3;2-3H2,1H3;2*1H;/q2*-1;;;;+2/p-2. The van der Waals surface area contributed by atoms with Gasteiger partial charge in [-0.25, -0.2) is 0 Å². The Balaban J connectivity index is -0.000000301. The minimum Gasteiger partial charge on any atom is -1.00 e. The minimum atomic E-state index is -0.274. The average Bonchev–Trinajstić information content (AvgIpc) is 2.85. The van der Waals surface area contributed by atoms with E-state index in [1.807, 2.05) is 0 Å². The summed E-state index contributed by atoms with van der Waals surface area (Å²) in [6.07, 6.45) is 1.28. The fraction of sp³-hybridized carbons (Fsp3) is 0.524. The molecule has 2 aromatic carbocycles. The molecule has 0 saturated heterocycles. The third-order valence-corrected chi connectivity index (χ3v) is 9.03. The second-order valence-corrected chi connectivity index (χ2v) is 19.3. The zero-order valence-electron chi connectivity index (χ0n) is 17.7. The molecule has 2 rings (SSSR count). The summed E-state index contributed by atoms with van der Waals surface area (Å²) in [6.45, 7) is 19.5. The maximum absolute atomic E-state index is 5.74. The molecule has 0 aliphatic rings.